The fraction of sp³-hybridized carbons (Fsp3) is 0.130. The number of aromatic nitrogens is 3. The van der Waals surface area contributed by atoms with Crippen molar-refractivity contribution in [3.63, 3.8) is 0 Å². The average Bonchev–Trinajstić information content (AvgIpc) is 3.27. The van der Waals surface area contributed by atoms with Crippen LogP contribution in [-0.4, -0.2) is 16.7 Å². The van der Waals surface area contributed by atoms with Gasteiger partial charge in [-0.1, -0.05) is 18.2 Å². The Kier molecular flexibility index (Phi) is 5.72. The Morgan fingerprint density at radius 1 is 0.912 bits per heavy atom. The first kappa shape index (κ1) is 23.1. The van der Waals surface area contributed by atoms with Crippen molar-refractivity contribution < 1.29 is 35.8 Å². The fourth-order valence-corrected chi connectivity index (χ4v) is 3.56. The molecule has 34 heavy (non-hydrogen) atoms. The standard InChI is InChI=1S/C23H15F6N3O2/c1-34-21-5-3-2-4-18(21)17-6-7-31(33)12-20(17)32-13-30-11-19(32)14-8-15(22(24,25)26)10-16(9-14)23(27,28)29/h2-13H,1H3. The fourth-order valence-electron chi connectivity index (χ4n) is 3.56. The molecular formula is C23H15F6N3O2. The van der Waals surface area contributed by atoms with E-state index < -0.39 is 23.5 Å². The quantitative estimate of drug-likeness (QED) is 0.209. The van der Waals surface area contributed by atoms with Crippen molar-refractivity contribution in [2.45, 2.75) is 12.4 Å². The molecule has 0 spiro atoms. The molecule has 0 unspecified atom stereocenters. The number of benzene rings is 2. The van der Waals surface area contributed by atoms with Gasteiger partial charge in [-0.15, -0.1) is 0 Å². The smallest absolute Gasteiger partial charge is 0.416 e. The van der Waals surface area contributed by atoms with E-state index in [0.717, 1.165) is 12.4 Å². The molecule has 11 heteroatoms. The third kappa shape index (κ3) is 4.41. The van der Waals surface area contributed by atoms with Gasteiger partial charge in [0.15, 0.2) is 6.20 Å². The average molecular weight is 479 g/mol. The van der Waals surface area contributed by atoms with Gasteiger partial charge in [-0.3, -0.25) is 4.57 Å². The van der Waals surface area contributed by atoms with Crippen LogP contribution in [0.1, 0.15) is 11.1 Å². The van der Waals surface area contributed by atoms with Crippen molar-refractivity contribution in [2.24, 2.45) is 0 Å². The number of para-hydroxylation sites is 1. The molecule has 5 nitrogen and oxygen atoms in total. The molecule has 2 aromatic heterocycles. The summed E-state index contributed by atoms with van der Waals surface area (Å²) in [5.41, 5.74) is -2.16. The van der Waals surface area contributed by atoms with Gasteiger partial charge in [-0.25, -0.2) is 4.98 Å². The Morgan fingerprint density at radius 2 is 1.56 bits per heavy atom. The summed E-state index contributed by atoms with van der Waals surface area (Å²) >= 11 is 0. The van der Waals surface area contributed by atoms with Crippen LogP contribution < -0.4 is 9.47 Å². The second-order valence-electron chi connectivity index (χ2n) is 7.25. The van der Waals surface area contributed by atoms with Crippen LogP contribution in [-0.2, 0) is 12.4 Å². The monoisotopic (exact) mass is 479 g/mol. The van der Waals surface area contributed by atoms with E-state index in [2.05, 4.69) is 4.98 Å². The van der Waals surface area contributed by atoms with Crippen molar-refractivity contribution >= 4 is 0 Å². The molecule has 0 atom stereocenters. The van der Waals surface area contributed by atoms with Crippen LogP contribution in [0.4, 0.5) is 26.3 Å². The van der Waals surface area contributed by atoms with Gasteiger partial charge in [0.25, 0.3) is 0 Å². The Bertz CT molecular complexity index is 1310. The Balaban J connectivity index is 1.96. The SMILES string of the molecule is COc1ccccc1-c1cc[n+]([O-])cc1-n1cncc1-c1cc(C(F)(F)F)cc(C(F)(F)F)c1. The zero-order chi connectivity index (χ0) is 24.7. The van der Waals surface area contributed by atoms with E-state index in [1.54, 1.807) is 24.3 Å². The lowest BCUT2D eigenvalue weighted by molar-refractivity contribution is -0.605. The largest absolute Gasteiger partial charge is 0.619 e. The zero-order valence-corrected chi connectivity index (χ0v) is 17.4. The first-order valence-corrected chi connectivity index (χ1v) is 9.68. The topological polar surface area (TPSA) is 54.0 Å². The lowest BCUT2D eigenvalue weighted by atomic mass is 10.0. The molecule has 0 aliphatic rings. The summed E-state index contributed by atoms with van der Waals surface area (Å²) in [6, 6.07) is 9.57. The van der Waals surface area contributed by atoms with Crippen LogP contribution in [0.3, 0.4) is 0 Å². The third-order valence-corrected chi connectivity index (χ3v) is 5.09. The molecule has 4 rings (SSSR count). The van der Waals surface area contributed by atoms with E-state index in [0.29, 0.717) is 33.7 Å². The Hall–Kier alpha value is -4.02. The highest BCUT2D eigenvalue weighted by Gasteiger charge is 2.37. The number of methoxy groups -OCH3 is 1. The molecule has 0 bridgehead atoms. The van der Waals surface area contributed by atoms with Crippen LogP contribution in [0.15, 0.2) is 73.4 Å². The van der Waals surface area contributed by atoms with Crippen LogP contribution in [0.2, 0.25) is 0 Å². The summed E-state index contributed by atoms with van der Waals surface area (Å²) in [4.78, 5) is 3.92. The molecule has 176 valence electrons. The normalized spacial score (nSPS) is 12.1. The van der Waals surface area contributed by atoms with Crippen LogP contribution in [0, 0.1) is 5.21 Å². The first-order chi connectivity index (χ1) is 16.0. The van der Waals surface area contributed by atoms with Crippen molar-refractivity contribution in [1.29, 1.82) is 0 Å². The van der Waals surface area contributed by atoms with Gasteiger partial charge in [-0.05, 0) is 24.3 Å². The zero-order valence-electron chi connectivity index (χ0n) is 17.4. The molecule has 0 aliphatic heterocycles. The number of imidazole rings is 1. The van der Waals surface area contributed by atoms with Gasteiger partial charge < -0.3 is 9.94 Å². The number of hydrogen-bond donors (Lipinski definition) is 0. The minimum Gasteiger partial charge on any atom is -0.619 e. The summed E-state index contributed by atoms with van der Waals surface area (Å²) < 4.78 is 87.3. The lowest BCUT2D eigenvalue weighted by Crippen LogP contribution is -2.25. The Morgan fingerprint density at radius 3 is 2.18 bits per heavy atom. The van der Waals surface area contributed by atoms with E-state index in [-0.39, 0.29) is 23.0 Å². The summed E-state index contributed by atoms with van der Waals surface area (Å²) in [6.07, 6.45) is -5.32. The van der Waals surface area contributed by atoms with Gasteiger partial charge in [-0.2, -0.15) is 31.1 Å². The summed E-state index contributed by atoms with van der Waals surface area (Å²) in [6.45, 7) is 0. The predicted octanol–water partition coefficient (Wildman–Crippen LogP) is 5.89. The molecule has 2 heterocycles. The van der Waals surface area contributed by atoms with Crippen molar-refractivity contribution in [1.82, 2.24) is 9.55 Å². The minimum atomic E-state index is -5.01. The maximum absolute atomic E-state index is 13.4. The van der Waals surface area contributed by atoms with E-state index in [4.69, 9.17) is 4.74 Å². The highest BCUT2D eigenvalue weighted by atomic mass is 19.4. The van der Waals surface area contributed by atoms with Crippen LogP contribution in [0.5, 0.6) is 5.75 Å². The summed E-state index contributed by atoms with van der Waals surface area (Å²) in [5, 5.41) is 12.1. The van der Waals surface area contributed by atoms with E-state index in [1.165, 1.54) is 30.3 Å². The highest BCUT2D eigenvalue weighted by molar-refractivity contribution is 5.78. The molecule has 0 saturated heterocycles. The molecule has 0 amide bonds. The lowest BCUT2D eigenvalue weighted by Gasteiger charge is -2.17. The number of halogens is 6. The number of pyridine rings is 1. The molecular weight excluding hydrogens is 464 g/mol. The number of nitrogens with zero attached hydrogens (tertiary/aromatic N) is 3. The predicted molar refractivity (Wildman–Crippen MR) is 110 cm³/mol. The van der Waals surface area contributed by atoms with Crippen molar-refractivity contribution in [3.8, 4) is 33.8 Å². The van der Waals surface area contributed by atoms with Crippen molar-refractivity contribution in [2.75, 3.05) is 7.11 Å². The van der Waals surface area contributed by atoms with Crippen LogP contribution >= 0.6 is 0 Å². The molecule has 0 N–H and O–H groups in total. The number of alkyl halides is 6. The third-order valence-electron chi connectivity index (χ3n) is 5.09. The first-order valence-electron chi connectivity index (χ1n) is 9.68. The minimum absolute atomic E-state index is 0.0542. The van der Waals surface area contributed by atoms with Crippen LogP contribution in [0.25, 0.3) is 28.1 Å². The molecule has 0 saturated carbocycles. The van der Waals surface area contributed by atoms with E-state index >= 15 is 0 Å². The molecule has 0 aliphatic carbocycles. The van der Waals surface area contributed by atoms with Gasteiger partial charge in [0, 0.05) is 22.8 Å². The maximum Gasteiger partial charge on any atom is 0.416 e. The number of ether oxygens (including phenoxy) is 1. The van der Waals surface area contributed by atoms with Gasteiger partial charge in [0.2, 0.25) is 6.20 Å². The summed E-state index contributed by atoms with van der Waals surface area (Å²) in [7, 11) is 1.44. The maximum atomic E-state index is 13.4. The highest BCUT2D eigenvalue weighted by Crippen LogP contribution is 2.40. The second kappa shape index (κ2) is 8.40. The second-order valence-corrected chi connectivity index (χ2v) is 7.25. The molecule has 4 aromatic rings. The number of hydrogen-bond acceptors (Lipinski definition) is 3. The van der Waals surface area contributed by atoms with Gasteiger partial charge >= 0.3 is 12.4 Å². The van der Waals surface area contributed by atoms with Crippen molar-refractivity contribution in [3.05, 3.63) is 89.8 Å². The van der Waals surface area contributed by atoms with E-state index in [9.17, 15) is 31.5 Å². The van der Waals surface area contributed by atoms with Gasteiger partial charge in [0.05, 0.1) is 36.5 Å². The molecule has 0 radical (unpaired) electrons. The Labute approximate surface area is 189 Å². The summed E-state index contributed by atoms with van der Waals surface area (Å²) in [5.74, 6) is 0.451. The molecule has 2 aromatic carbocycles. The molecule has 0 fully saturated rings. The van der Waals surface area contributed by atoms with E-state index in [1.807, 2.05) is 0 Å². The number of rotatable bonds is 4. The van der Waals surface area contributed by atoms with Gasteiger partial charge in [0.1, 0.15) is 11.4 Å².